The van der Waals surface area contributed by atoms with Crippen molar-refractivity contribution in [2.24, 2.45) is 0 Å². The van der Waals surface area contributed by atoms with Gasteiger partial charge in [-0.2, -0.15) is 8.78 Å². The van der Waals surface area contributed by atoms with E-state index < -0.39 is 24.2 Å². The molecular weight excluding hydrogens is 426 g/mol. The summed E-state index contributed by atoms with van der Waals surface area (Å²) in [6, 6.07) is 12.1. The summed E-state index contributed by atoms with van der Waals surface area (Å²) in [6.07, 6.45) is -0.105. The Morgan fingerprint density at radius 2 is 1.69 bits per heavy atom. The molecule has 0 radical (unpaired) electrons. The standard InChI is InChI=1S/C19H17ClF2N2O4S/c20-13-3-1-12(2-4-13)18(27)23-10-9-17(26)28-11-16(25)24-14-5-7-15(8-6-14)29-19(21)22/h1-8,19H,9-11H2,(H,23,27)(H,24,25). The maximum atomic E-state index is 12.3. The molecule has 0 unspecified atom stereocenters. The van der Waals surface area contributed by atoms with E-state index >= 15 is 0 Å². The molecule has 2 aromatic carbocycles. The predicted octanol–water partition coefficient (Wildman–Crippen LogP) is 3.96. The number of anilines is 1. The Balaban J connectivity index is 1.66. The molecule has 6 nitrogen and oxygen atoms in total. The average molecular weight is 443 g/mol. The highest BCUT2D eigenvalue weighted by atomic mass is 35.5. The van der Waals surface area contributed by atoms with Crippen molar-refractivity contribution in [2.75, 3.05) is 18.5 Å². The van der Waals surface area contributed by atoms with E-state index in [2.05, 4.69) is 10.6 Å². The molecular formula is C19H17ClF2N2O4S. The highest BCUT2D eigenvalue weighted by molar-refractivity contribution is 7.99. The summed E-state index contributed by atoms with van der Waals surface area (Å²) in [6.45, 7) is -0.456. The van der Waals surface area contributed by atoms with E-state index in [0.717, 1.165) is 0 Å². The Hall–Kier alpha value is -2.65. The van der Waals surface area contributed by atoms with E-state index in [1.807, 2.05) is 0 Å². The Morgan fingerprint density at radius 3 is 2.31 bits per heavy atom. The molecule has 0 saturated heterocycles. The fourth-order valence-corrected chi connectivity index (χ4v) is 2.74. The van der Waals surface area contributed by atoms with Crippen molar-refractivity contribution < 1.29 is 27.9 Å². The van der Waals surface area contributed by atoms with Crippen LogP contribution in [0.25, 0.3) is 0 Å². The van der Waals surface area contributed by atoms with Crippen LogP contribution in [0.2, 0.25) is 5.02 Å². The summed E-state index contributed by atoms with van der Waals surface area (Å²) in [4.78, 5) is 35.7. The first-order chi connectivity index (χ1) is 13.8. The molecule has 2 rings (SSSR count). The normalized spacial score (nSPS) is 10.5. The number of nitrogens with one attached hydrogen (secondary N) is 2. The highest BCUT2D eigenvalue weighted by Gasteiger charge is 2.10. The number of amides is 2. The first-order valence-electron chi connectivity index (χ1n) is 8.37. The van der Waals surface area contributed by atoms with Gasteiger partial charge >= 0.3 is 5.97 Å². The van der Waals surface area contributed by atoms with E-state index in [1.165, 1.54) is 24.3 Å². The predicted molar refractivity (Wildman–Crippen MR) is 106 cm³/mol. The number of carbonyl (C=O) groups excluding carboxylic acids is 3. The molecule has 0 aliphatic rings. The van der Waals surface area contributed by atoms with Crippen molar-refractivity contribution in [2.45, 2.75) is 17.1 Å². The van der Waals surface area contributed by atoms with Gasteiger partial charge in [0.1, 0.15) is 0 Å². The molecule has 2 aromatic rings. The number of carbonyl (C=O) groups is 3. The van der Waals surface area contributed by atoms with Crippen LogP contribution in [0.4, 0.5) is 14.5 Å². The number of halogens is 3. The lowest BCUT2D eigenvalue weighted by Gasteiger charge is -2.08. The van der Waals surface area contributed by atoms with Crippen LogP contribution in [-0.4, -0.2) is 36.7 Å². The van der Waals surface area contributed by atoms with Crippen molar-refractivity contribution in [1.82, 2.24) is 5.32 Å². The zero-order valence-electron chi connectivity index (χ0n) is 15.0. The van der Waals surface area contributed by atoms with Crippen LogP contribution in [0.1, 0.15) is 16.8 Å². The molecule has 10 heteroatoms. The molecule has 0 atom stereocenters. The maximum absolute atomic E-state index is 12.3. The molecule has 0 aliphatic heterocycles. The minimum Gasteiger partial charge on any atom is -0.456 e. The van der Waals surface area contributed by atoms with Gasteiger partial charge in [0.2, 0.25) is 0 Å². The Bertz CT molecular complexity index is 848. The third-order valence-electron chi connectivity index (χ3n) is 3.45. The van der Waals surface area contributed by atoms with E-state index in [1.54, 1.807) is 24.3 Å². The fraction of sp³-hybridized carbons (Fsp3) is 0.211. The average Bonchev–Trinajstić information content (AvgIpc) is 2.68. The first-order valence-corrected chi connectivity index (χ1v) is 9.63. The van der Waals surface area contributed by atoms with Gasteiger partial charge in [-0.15, -0.1) is 0 Å². The molecule has 0 saturated carbocycles. The number of esters is 1. The molecule has 2 N–H and O–H groups in total. The van der Waals surface area contributed by atoms with Crippen LogP contribution >= 0.6 is 23.4 Å². The molecule has 154 valence electrons. The minimum atomic E-state index is -2.52. The zero-order valence-corrected chi connectivity index (χ0v) is 16.6. The lowest BCUT2D eigenvalue weighted by atomic mass is 10.2. The third-order valence-corrected chi connectivity index (χ3v) is 4.42. The third kappa shape index (κ3) is 8.49. The van der Waals surface area contributed by atoms with Gasteiger partial charge in [0, 0.05) is 27.7 Å². The molecule has 0 aliphatic carbocycles. The Labute approximate surface area is 174 Å². The van der Waals surface area contributed by atoms with Gasteiger partial charge in [-0.3, -0.25) is 14.4 Å². The molecule has 29 heavy (non-hydrogen) atoms. The topological polar surface area (TPSA) is 84.5 Å². The number of alkyl halides is 2. The van der Waals surface area contributed by atoms with E-state index in [4.69, 9.17) is 16.3 Å². The summed E-state index contributed by atoms with van der Waals surface area (Å²) in [5.41, 5.74) is 0.792. The Morgan fingerprint density at radius 1 is 1.03 bits per heavy atom. The SMILES string of the molecule is O=C(COC(=O)CCNC(=O)c1ccc(Cl)cc1)Nc1ccc(SC(F)F)cc1. The lowest BCUT2D eigenvalue weighted by molar-refractivity contribution is -0.147. The van der Waals surface area contributed by atoms with Crippen LogP contribution < -0.4 is 10.6 Å². The van der Waals surface area contributed by atoms with Gasteiger partial charge in [0.05, 0.1) is 6.42 Å². The molecule has 0 bridgehead atoms. The van der Waals surface area contributed by atoms with Gasteiger partial charge in [0.25, 0.3) is 17.6 Å². The van der Waals surface area contributed by atoms with Crippen molar-refractivity contribution in [1.29, 1.82) is 0 Å². The number of thioether (sulfide) groups is 1. The van der Waals surface area contributed by atoms with Crippen molar-refractivity contribution in [3.05, 3.63) is 59.1 Å². The van der Waals surface area contributed by atoms with Crippen molar-refractivity contribution >= 4 is 46.8 Å². The second kappa shape index (κ2) is 11.4. The van der Waals surface area contributed by atoms with Crippen LogP contribution in [0, 0.1) is 0 Å². The number of ether oxygens (including phenoxy) is 1. The summed E-state index contributed by atoms with van der Waals surface area (Å²) in [5.74, 6) is -4.11. The smallest absolute Gasteiger partial charge is 0.308 e. The quantitative estimate of drug-likeness (QED) is 0.453. The van der Waals surface area contributed by atoms with Gasteiger partial charge in [0.15, 0.2) is 6.61 Å². The maximum Gasteiger partial charge on any atom is 0.308 e. The van der Waals surface area contributed by atoms with E-state index in [9.17, 15) is 23.2 Å². The lowest BCUT2D eigenvalue weighted by Crippen LogP contribution is -2.27. The minimum absolute atomic E-state index is 0.0468. The number of rotatable bonds is 9. The second-order valence-corrected chi connectivity index (χ2v) is 7.12. The Kier molecular flexibility index (Phi) is 8.88. The van der Waals surface area contributed by atoms with Crippen LogP contribution in [-0.2, 0) is 14.3 Å². The largest absolute Gasteiger partial charge is 0.456 e. The van der Waals surface area contributed by atoms with Crippen molar-refractivity contribution in [3.8, 4) is 0 Å². The van der Waals surface area contributed by atoms with Gasteiger partial charge < -0.3 is 15.4 Å². The summed E-state index contributed by atoms with van der Waals surface area (Å²) >= 11 is 6.14. The van der Waals surface area contributed by atoms with Crippen molar-refractivity contribution in [3.63, 3.8) is 0 Å². The van der Waals surface area contributed by atoms with Crippen LogP contribution in [0.15, 0.2) is 53.4 Å². The molecule has 0 spiro atoms. The number of benzene rings is 2. The monoisotopic (exact) mass is 442 g/mol. The molecule has 0 fully saturated rings. The van der Waals surface area contributed by atoms with Crippen LogP contribution in [0.5, 0.6) is 0 Å². The highest BCUT2D eigenvalue weighted by Crippen LogP contribution is 2.26. The molecule has 0 heterocycles. The molecule has 2 amide bonds. The fourth-order valence-electron chi connectivity index (χ4n) is 2.12. The number of hydrogen-bond donors (Lipinski definition) is 2. The molecule has 0 aromatic heterocycles. The van der Waals surface area contributed by atoms with E-state index in [-0.39, 0.29) is 18.9 Å². The first kappa shape index (κ1) is 22.6. The summed E-state index contributed by atoms with van der Waals surface area (Å²) in [7, 11) is 0. The number of hydrogen-bond acceptors (Lipinski definition) is 5. The second-order valence-electron chi connectivity index (χ2n) is 5.62. The van der Waals surface area contributed by atoms with Crippen LogP contribution in [0.3, 0.4) is 0 Å². The van der Waals surface area contributed by atoms with Gasteiger partial charge in [-0.25, -0.2) is 0 Å². The van der Waals surface area contributed by atoms with Gasteiger partial charge in [-0.1, -0.05) is 23.4 Å². The summed E-state index contributed by atoms with van der Waals surface area (Å²) in [5, 5.41) is 5.55. The van der Waals surface area contributed by atoms with Gasteiger partial charge in [-0.05, 0) is 48.5 Å². The van der Waals surface area contributed by atoms with E-state index in [0.29, 0.717) is 32.9 Å². The summed E-state index contributed by atoms with van der Waals surface area (Å²) < 4.78 is 29.3. The zero-order chi connectivity index (χ0) is 21.2.